The quantitative estimate of drug-likeness (QED) is 0.0838. The van der Waals surface area contributed by atoms with Crippen LogP contribution in [-0.4, -0.2) is 145 Å². The Kier molecular flexibility index (Phi) is 15.3. The molecule has 0 aliphatic rings. The summed E-state index contributed by atoms with van der Waals surface area (Å²) in [5.41, 5.74) is 0.915. The maximum Gasteiger partial charge on any atom is 0.317 e. The van der Waals surface area contributed by atoms with Gasteiger partial charge in [0, 0.05) is 37.3 Å². The number of carboxylic acid groups (broad SMARTS) is 6. The summed E-state index contributed by atoms with van der Waals surface area (Å²) in [6.07, 6.45) is -0.566. The van der Waals surface area contributed by atoms with E-state index in [1.807, 2.05) is 0 Å². The zero-order valence-corrected chi connectivity index (χ0v) is 23.4. The molecule has 0 heterocycles. The summed E-state index contributed by atoms with van der Waals surface area (Å²) in [5, 5.41) is 58.0. The molecule has 0 radical (unpaired) electrons. The van der Waals surface area contributed by atoms with Gasteiger partial charge in [-0.15, -0.1) is 0 Å². The van der Waals surface area contributed by atoms with Crippen LogP contribution in [-0.2, 0) is 40.0 Å². The molecule has 1 amide bonds. The lowest BCUT2D eigenvalue weighted by Gasteiger charge is -2.36. The highest BCUT2D eigenvalue weighted by Crippen LogP contribution is 2.16. The monoisotopic (exact) mass is 612 g/mol. The zero-order chi connectivity index (χ0) is 32.7. The molecule has 2 atom stereocenters. The Morgan fingerprint density at radius 2 is 1.09 bits per heavy atom. The number of aliphatic carboxylic acids is 6. The fourth-order valence-corrected chi connectivity index (χ4v) is 4.31. The Morgan fingerprint density at radius 1 is 0.628 bits per heavy atom. The normalized spacial score (nSPS) is 12.6. The molecule has 1 aromatic carbocycles. The molecule has 0 fully saturated rings. The molecule has 0 saturated heterocycles. The largest absolute Gasteiger partial charge is 0.481 e. The van der Waals surface area contributed by atoms with Crippen molar-refractivity contribution < 1.29 is 64.2 Å². The van der Waals surface area contributed by atoms with Gasteiger partial charge in [0.2, 0.25) is 5.91 Å². The van der Waals surface area contributed by atoms with Gasteiger partial charge in [-0.1, -0.05) is 12.1 Å². The molecule has 238 valence electrons. The second-order valence-corrected chi connectivity index (χ2v) is 9.82. The van der Waals surface area contributed by atoms with Gasteiger partial charge in [0.25, 0.3) is 0 Å². The molecule has 7 N–H and O–H groups in total. The lowest BCUT2D eigenvalue weighted by atomic mass is 10.0. The van der Waals surface area contributed by atoms with Crippen molar-refractivity contribution in [2.45, 2.75) is 38.3 Å². The van der Waals surface area contributed by atoms with Gasteiger partial charge >= 0.3 is 35.8 Å². The van der Waals surface area contributed by atoms with Crippen molar-refractivity contribution in [1.82, 2.24) is 14.7 Å². The number of anilines is 1. The smallest absolute Gasteiger partial charge is 0.317 e. The molecule has 17 nitrogen and oxygen atoms in total. The minimum absolute atomic E-state index is 0.0340. The number of hydrogen-bond donors (Lipinski definition) is 7. The number of carboxylic acids is 6. The molecule has 1 aromatic rings. The van der Waals surface area contributed by atoms with Crippen LogP contribution in [0.5, 0.6) is 0 Å². The van der Waals surface area contributed by atoms with Gasteiger partial charge in [0.05, 0.1) is 39.1 Å². The average molecular weight is 613 g/mol. The third kappa shape index (κ3) is 15.8. The maximum absolute atomic E-state index is 11.9. The highest BCUT2D eigenvalue weighted by molar-refractivity contribution is 5.92. The van der Waals surface area contributed by atoms with E-state index in [0.717, 1.165) is 9.80 Å². The van der Waals surface area contributed by atoms with E-state index >= 15 is 0 Å². The van der Waals surface area contributed by atoms with Crippen molar-refractivity contribution in [2.75, 3.05) is 51.1 Å². The predicted molar refractivity (Wildman–Crippen MR) is 147 cm³/mol. The molecule has 0 aromatic heterocycles. The van der Waals surface area contributed by atoms with Crippen molar-refractivity contribution in [1.29, 1.82) is 0 Å². The maximum atomic E-state index is 11.9. The van der Waals surface area contributed by atoms with Gasteiger partial charge < -0.3 is 36.0 Å². The van der Waals surface area contributed by atoms with Crippen LogP contribution in [0.25, 0.3) is 0 Å². The average Bonchev–Trinajstić information content (AvgIpc) is 2.86. The summed E-state index contributed by atoms with van der Waals surface area (Å²) < 4.78 is 0. The van der Waals surface area contributed by atoms with E-state index in [0.29, 0.717) is 11.3 Å². The van der Waals surface area contributed by atoms with Crippen molar-refractivity contribution in [2.24, 2.45) is 0 Å². The Labute approximate surface area is 245 Å². The second kappa shape index (κ2) is 18.0. The zero-order valence-electron chi connectivity index (χ0n) is 23.4. The van der Waals surface area contributed by atoms with E-state index in [4.69, 9.17) is 5.11 Å². The number of carbonyl (C=O) groups is 7. The molecule has 0 spiro atoms. The number of benzene rings is 1. The van der Waals surface area contributed by atoms with E-state index in [1.165, 1.54) is 24.0 Å². The SMILES string of the molecule is CC(CN(CC(=O)O)CC(Cc1ccc(NC(=O)CCC(=O)O)cc1)N(CC(=O)O)CC(=O)O)N(CC(=O)O)CC(=O)O. The van der Waals surface area contributed by atoms with Crippen LogP contribution in [0.1, 0.15) is 25.3 Å². The highest BCUT2D eigenvalue weighted by atomic mass is 16.4. The Balaban J connectivity index is 3.28. The van der Waals surface area contributed by atoms with Crippen LogP contribution in [0.4, 0.5) is 5.69 Å². The van der Waals surface area contributed by atoms with Gasteiger partial charge in [-0.05, 0) is 31.0 Å². The molecular formula is C26H36N4O13. The first-order chi connectivity index (χ1) is 20.0. The number of hydrogen-bond acceptors (Lipinski definition) is 10. The van der Waals surface area contributed by atoms with Crippen LogP contribution >= 0.6 is 0 Å². The highest BCUT2D eigenvalue weighted by Gasteiger charge is 2.29. The number of nitrogens with zero attached hydrogens (tertiary/aromatic N) is 3. The standard InChI is InChI=1S/C26H36N4O13/c1-16(29(12-23(36)37)13-24(38)39)9-28(11-22(34)35)10-19(30(14-25(40)41)15-26(42)43)8-17-2-4-18(5-3-17)27-20(31)6-7-21(32)33/h2-5,16,19H,6-15H2,1H3,(H,27,31)(H,32,33)(H,34,35)(H,36,37)(H,38,39)(H,40,41)(H,42,43). The number of rotatable bonds is 22. The van der Waals surface area contributed by atoms with Crippen LogP contribution < -0.4 is 5.32 Å². The fraction of sp³-hybridized carbons (Fsp3) is 0.500. The second-order valence-electron chi connectivity index (χ2n) is 9.82. The van der Waals surface area contributed by atoms with Crippen molar-refractivity contribution in [3.8, 4) is 0 Å². The summed E-state index contributed by atoms with van der Waals surface area (Å²) in [4.78, 5) is 83.6. The Hall–Kier alpha value is -4.61. The summed E-state index contributed by atoms with van der Waals surface area (Å²) in [6, 6.07) is 4.51. The Bertz CT molecular complexity index is 1130. The van der Waals surface area contributed by atoms with E-state index in [9.17, 15) is 59.1 Å². The first kappa shape index (κ1) is 36.4. The van der Waals surface area contributed by atoms with Crippen LogP contribution in [0, 0.1) is 0 Å². The number of carbonyl (C=O) groups excluding carboxylic acids is 1. The van der Waals surface area contributed by atoms with Crippen molar-refractivity contribution in [3.63, 3.8) is 0 Å². The topological polar surface area (TPSA) is 263 Å². The van der Waals surface area contributed by atoms with Crippen LogP contribution in [0.15, 0.2) is 24.3 Å². The molecule has 1 rings (SSSR count). The van der Waals surface area contributed by atoms with Gasteiger partial charge in [-0.2, -0.15) is 0 Å². The third-order valence-electron chi connectivity index (χ3n) is 6.12. The van der Waals surface area contributed by atoms with Gasteiger partial charge in [0.15, 0.2) is 0 Å². The van der Waals surface area contributed by atoms with E-state index in [2.05, 4.69) is 5.32 Å². The van der Waals surface area contributed by atoms with Crippen LogP contribution in [0.3, 0.4) is 0 Å². The number of nitrogens with one attached hydrogen (secondary N) is 1. The van der Waals surface area contributed by atoms with E-state index in [-0.39, 0.29) is 32.4 Å². The first-order valence-corrected chi connectivity index (χ1v) is 13.0. The summed E-state index contributed by atoms with van der Waals surface area (Å²) in [6.45, 7) is -2.08. The lowest BCUT2D eigenvalue weighted by molar-refractivity contribution is -0.144. The van der Waals surface area contributed by atoms with Crippen molar-refractivity contribution >= 4 is 47.4 Å². The molecule has 0 aliphatic heterocycles. The molecule has 0 bridgehead atoms. The molecule has 0 aliphatic carbocycles. The summed E-state index contributed by atoms with van der Waals surface area (Å²) >= 11 is 0. The van der Waals surface area contributed by atoms with Gasteiger partial charge in [0.1, 0.15) is 0 Å². The minimum Gasteiger partial charge on any atom is -0.481 e. The van der Waals surface area contributed by atoms with E-state index in [1.54, 1.807) is 12.1 Å². The molecule has 43 heavy (non-hydrogen) atoms. The first-order valence-electron chi connectivity index (χ1n) is 13.0. The van der Waals surface area contributed by atoms with Crippen molar-refractivity contribution in [3.05, 3.63) is 29.8 Å². The van der Waals surface area contributed by atoms with Crippen LogP contribution in [0.2, 0.25) is 0 Å². The lowest BCUT2D eigenvalue weighted by Crippen LogP contribution is -2.53. The molecular weight excluding hydrogens is 576 g/mol. The third-order valence-corrected chi connectivity index (χ3v) is 6.12. The minimum atomic E-state index is -1.34. The van der Waals surface area contributed by atoms with Gasteiger partial charge in [-0.3, -0.25) is 48.3 Å². The fourth-order valence-electron chi connectivity index (χ4n) is 4.31. The molecule has 2 unspecified atom stereocenters. The van der Waals surface area contributed by atoms with E-state index < -0.39 is 86.5 Å². The predicted octanol–water partition coefficient (Wildman–Crippen LogP) is -0.881. The number of amides is 1. The van der Waals surface area contributed by atoms with Gasteiger partial charge in [-0.25, -0.2) is 0 Å². The molecule has 17 heteroatoms. The molecule has 0 saturated carbocycles. The Morgan fingerprint density at radius 3 is 1.53 bits per heavy atom. The summed E-state index contributed by atoms with van der Waals surface area (Å²) in [7, 11) is 0. The summed E-state index contributed by atoms with van der Waals surface area (Å²) in [5.74, 6) is -8.21.